The van der Waals surface area contributed by atoms with Gasteiger partial charge < -0.3 is 15.3 Å². The van der Waals surface area contributed by atoms with Gasteiger partial charge in [0.2, 0.25) is 11.8 Å². The van der Waals surface area contributed by atoms with Crippen molar-refractivity contribution in [3.05, 3.63) is 22.4 Å². The SMILES string of the molecule is CCC(O)CCNC(=O)C1CCCN1C(=O)Cc1cccs1. The van der Waals surface area contributed by atoms with Gasteiger partial charge >= 0.3 is 0 Å². The Morgan fingerprint density at radius 3 is 3.05 bits per heavy atom. The number of rotatable bonds is 7. The minimum Gasteiger partial charge on any atom is -0.393 e. The van der Waals surface area contributed by atoms with Gasteiger partial charge in [0.1, 0.15) is 6.04 Å². The van der Waals surface area contributed by atoms with E-state index in [1.165, 1.54) is 0 Å². The topological polar surface area (TPSA) is 69.6 Å². The van der Waals surface area contributed by atoms with Crippen LogP contribution in [0.4, 0.5) is 0 Å². The zero-order valence-corrected chi connectivity index (χ0v) is 13.8. The maximum absolute atomic E-state index is 12.4. The fraction of sp³-hybridized carbons (Fsp3) is 0.625. The van der Waals surface area contributed by atoms with E-state index in [-0.39, 0.29) is 24.0 Å². The number of amides is 2. The van der Waals surface area contributed by atoms with Crippen molar-refractivity contribution in [1.82, 2.24) is 10.2 Å². The van der Waals surface area contributed by atoms with E-state index in [9.17, 15) is 14.7 Å². The van der Waals surface area contributed by atoms with Gasteiger partial charge in [0, 0.05) is 18.0 Å². The van der Waals surface area contributed by atoms with Gasteiger partial charge in [-0.3, -0.25) is 9.59 Å². The second-order valence-corrected chi connectivity index (χ2v) is 6.68. The Labute approximate surface area is 135 Å². The Balaban J connectivity index is 1.84. The molecule has 1 aliphatic rings. The average molecular weight is 324 g/mol. The van der Waals surface area contributed by atoms with E-state index in [1.807, 2.05) is 24.4 Å². The van der Waals surface area contributed by atoms with E-state index < -0.39 is 0 Å². The molecule has 6 heteroatoms. The molecule has 0 saturated carbocycles. The highest BCUT2D eigenvalue weighted by Gasteiger charge is 2.33. The number of thiophene rings is 1. The van der Waals surface area contributed by atoms with Gasteiger partial charge in [0.25, 0.3) is 0 Å². The van der Waals surface area contributed by atoms with E-state index in [0.717, 1.165) is 17.7 Å². The van der Waals surface area contributed by atoms with E-state index >= 15 is 0 Å². The summed E-state index contributed by atoms with van der Waals surface area (Å²) in [6.45, 7) is 3.02. The standard InChI is InChI=1S/C16H24N2O3S/c1-2-12(19)7-8-17-16(21)14-6-3-9-18(14)15(20)11-13-5-4-10-22-13/h4-5,10,12,14,19H,2-3,6-9,11H2,1H3,(H,17,21). The number of aliphatic hydroxyl groups excluding tert-OH is 1. The highest BCUT2D eigenvalue weighted by molar-refractivity contribution is 7.10. The van der Waals surface area contributed by atoms with Crippen LogP contribution in [0.1, 0.15) is 37.5 Å². The average Bonchev–Trinajstić information content (AvgIpc) is 3.17. The van der Waals surface area contributed by atoms with Crippen LogP contribution in [0.2, 0.25) is 0 Å². The summed E-state index contributed by atoms with van der Waals surface area (Å²) in [6.07, 6.45) is 2.82. The summed E-state index contributed by atoms with van der Waals surface area (Å²) in [4.78, 5) is 27.3. The first-order chi connectivity index (χ1) is 10.6. The second-order valence-electron chi connectivity index (χ2n) is 5.64. The molecule has 1 aliphatic heterocycles. The molecule has 5 nitrogen and oxygen atoms in total. The molecular weight excluding hydrogens is 300 g/mol. The molecule has 2 amide bonds. The molecule has 1 aromatic heterocycles. The summed E-state index contributed by atoms with van der Waals surface area (Å²) >= 11 is 1.56. The van der Waals surface area contributed by atoms with Crippen molar-refractivity contribution in [1.29, 1.82) is 0 Å². The van der Waals surface area contributed by atoms with Crippen LogP contribution in [-0.4, -0.2) is 47.1 Å². The smallest absolute Gasteiger partial charge is 0.242 e. The third-order valence-electron chi connectivity index (χ3n) is 4.03. The lowest BCUT2D eigenvalue weighted by molar-refractivity contribution is -0.137. The highest BCUT2D eigenvalue weighted by atomic mass is 32.1. The summed E-state index contributed by atoms with van der Waals surface area (Å²) in [5.74, 6) is -0.0750. The number of likely N-dealkylation sites (tertiary alicyclic amines) is 1. The lowest BCUT2D eigenvalue weighted by Gasteiger charge is -2.24. The lowest BCUT2D eigenvalue weighted by Crippen LogP contribution is -2.46. The van der Waals surface area contributed by atoms with Crippen molar-refractivity contribution in [2.24, 2.45) is 0 Å². The molecule has 1 fully saturated rings. The molecule has 2 unspecified atom stereocenters. The van der Waals surface area contributed by atoms with Crippen molar-refractivity contribution < 1.29 is 14.7 Å². The zero-order valence-electron chi connectivity index (χ0n) is 13.0. The number of carbonyl (C=O) groups is 2. The van der Waals surface area contributed by atoms with Gasteiger partial charge in [0.15, 0.2) is 0 Å². The molecule has 22 heavy (non-hydrogen) atoms. The molecular formula is C16H24N2O3S. The van der Waals surface area contributed by atoms with E-state index in [2.05, 4.69) is 5.32 Å². The molecule has 2 rings (SSSR count). The predicted octanol–water partition coefficient (Wildman–Crippen LogP) is 1.56. The van der Waals surface area contributed by atoms with Crippen molar-refractivity contribution in [3.8, 4) is 0 Å². The van der Waals surface area contributed by atoms with E-state index in [1.54, 1.807) is 16.2 Å². The number of hydrogen-bond acceptors (Lipinski definition) is 4. The Bertz CT molecular complexity index is 490. The molecule has 2 heterocycles. The minimum absolute atomic E-state index is 0.0219. The molecule has 0 bridgehead atoms. The first-order valence-electron chi connectivity index (χ1n) is 7.89. The van der Waals surface area contributed by atoms with Gasteiger partial charge in [-0.05, 0) is 37.1 Å². The highest BCUT2D eigenvalue weighted by Crippen LogP contribution is 2.20. The van der Waals surface area contributed by atoms with Crippen LogP contribution in [-0.2, 0) is 16.0 Å². The van der Waals surface area contributed by atoms with Crippen LogP contribution in [0.3, 0.4) is 0 Å². The predicted molar refractivity (Wildman–Crippen MR) is 86.7 cm³/mol. The Kier molecular flexibility index (Phi) is 6.39. The lowest BCUT2D eigenvalue weighted by atomic mass is 10.1. The van der Waals surface area contributed by atoms with Crippen LogP contribution in [0.15, 0.2) is 17.5 Å². The molecule has 122 valence electrons. The third-order valence-corrected chi connectivity index (χ3v) is 4.91. The van der Waals surface area contributed by atoms with Crippen molar-refractivity contribution >= 4 is 23.2 Å². The fourth-order valence-corrected chi connectivity index (χ4v) is 3.38. The zero-order chi connectivity index (χ0) is 15.9. The Morgan fingerprint density at radius 1 is 1.55 bits per heavy atom. The maximum atomic E-state index is 12.4. The summed E-state index contributed by atoms with van der Waals surface area (Å²) in [5.41, 5.74) is 0. The van der Waals surface area contributed by atoms with Crippen LogP contribution in [0, 0.1) is 0 Å². The fourth-order valence-electron chi connectivity index (χ4n) is 2.69. The number of carbonyl (C=O) groups excluding carboxylic acids is 2. The largest absolute Gasteiger partial charge is 0.393 e. The summed E-state index contributed by atoms with van der Waals surface area (Å²) in [6, 6.07) is 3.52. The summed E-state index contributed by atoms with van der Waals surface area (Å²) in [7, 11) is 0. The number of aliphatic hydroxyl groups is 1. The van der Waals surface area contributed by atoms with Crippen LogP contribution >= 0.6 is 11.3 Å². The molecule has 1 saturated heterocycles. The van der Waals surface area contributed by atoms with Crippen molar-refractivity contribution in [2.45, 2.75) is 51.2 Å². The first kappa shape index (κ1) is 17.0. The monoisotopic (exact) mass is 324 g/mol. The molecule has 0 radical (unpaired) electrons. The van der Waals surface area contributed by atoms with Gasteiger partial charge in [-0.25, -0.2) is 0 Å². The molecule has 0 spiro atoms. The van der Waals surface area contributed by atoms with Crippen LogP contribution in [0.25, 0.3) is 0 Å². The van der Waals surface area contributed by atoms with Gasteiger partial charge in [0.05, 0.1) is 12.5 Å². The number of nitrogens with one attached hydrogen (secondary N) is 1. The number of hydrogen-bond donors (Lipinski definition) is 2. The molecule has 0 aliphatic carbocycles. The van der Waals surface area contributed by atoms with E-state index in [4.69, 9.17) is 0 Å². The summed E-state index contributed by atoms with van der Waals surface area (Å²) < 4.78 is 0. The normalized spacial score (nSPS) is 19.2. The van der Waals surface area contributed by atoms with Crippen LogP contribution in [0.5, 0.6) is 0 Å². The quantitative estimate of drug-likeness (QED) is 0.800. The Morgan fingerprint density at radius 2 is 2.36 bits per heavy atom. The maximum Gasteiger partial charge on any atom is 0.242 e. The second kappa shape index (κ2) is 8.29. The Hall–Kier alpha value is -1.40. The third kappa shape index (κ3) is 4.55. The first-order valence-corrected chi connectivity index (χ1v) is 8.77. The molecule has 0 aromatic carbocycles. The summed E-state index contributed by atoms with van der Waals surface area (Å²) in [5, 5.41) is 14.3. The van der Waals surface area contributed by atoms with Gasteiger partial charge in [-0.1, -0.05) is 13.0 Å². The molecule has 1 aromatic rings. The molecule has 2 atom stereocenters. The van der Waals surface area contributed by atoms with E-state index in [0.29, 0.717) is 32.4 Å². The minimum atomic E-state index is -0.375. The van der Waals surface area contributed by atoms with Crippen molar-refractivity contribution in [3.63, 3.8) is 0 Å². The number of nitrogens with zero attached hydrogens (tertiary/aromatic N) is 1. The molecule has 2 N–H and O–H groups in total. The van der Waals surface area contributed by atoms with Gasteiger partial charge in [-0.2, -0.15) is 0 Å². The van der Waals surface area contributed by atoms with Crippen molar-refractivity contribution in [2.75, 3.05) is 13.1 Å². The van der Waals surface area contributed by atoms with Crippen LogP contribution < -0.4 is 5.32 Å². The van der Waals surface area contributed by atoms with Gasteiger partial charge in [-0.15, -0.1) is 11.3 Å².